The SMILES string of the molecule is O=C(Nc1ncc(C(F)F)s1)c1ccc(Cl)cc1O. The van der Waals surface area contributed by atoms with Gasteiger partial charge in [-0.1, -0.05) is 22.9 Å². The van der Waals surface area contributed by atoms with Crippen LogP contribution < -0.4 is 5.32 Å². The number of nitrogens with one attached hydrogen (secondary N) is 1. The largest absolute Gasteiger partial charge is 0.507 e. The Morgan fingerprint density at radius 3 is 2.79 bits per heavy atom. The van der Waals surface area contributed by atoms with Crippen molar-refractivity contribution in [1.29, 1.82) is 0 Å². The summed E-state index contributed by atoms with van der Waals surface area (Å²) in [7, 11) is 0. The minimum Gasteiger partial charge on any atom is -0.507 e. The van der Waals surface area contributed by atoms with Crippen molar-refractivity contribution in [2.24, 2.45) is 0 Å². The van der Waals surface area contributed by atoms with E-state index >= 15 is 0 Å². The molecule has 4 nitrogen and oxygen atoms in total. The molecular weight excluding hydrogens is 298 g/mol. The monoisotopic (exact) mass is 304 g/mol. The average molecular weight is 305 g/mol. The fourth-order valence-corrected chi connectivity index (χ4v) is 2.14. The van der Waals surface area contributed by atoms with E-state index in [1.807, 2.05) is 0 Å². The van der Waals surface area contributed by atoms with Gasteiger partial charge in [0.15, 0.2) is 5.13 Å². The van der Waals surface area contributed by atoms with Gasteiger partial charge in [-0.25, -0.2) is 13.8 Å². The molecule has 0 spiro atoms. The van der Waals surface area contributed by atoms with Gasteiger partial charge in [0.2, 0.25) is 0 Å². The van der Waals surface area contributed by atoms with Gasteiger partial charge < -0.3 is 5.11 Å². The first-order chi connectivity index (χ1) is 8.97. The summed E-state index contributed by atoms with van der Waals surface area (Å²) in [6, 6.07) is 3.97. The first kappa shape index (κ1) is 13.7. The number of alkyl halides is 2. The summed E-state index contributed by atoms with van der Waals surface area (Å²) in [6.45, 7) is 0. The summed E-state index contributed by atoms with van der Waals surface area (Å²) >= 11 is 6.31. The standard InChI is InChI=1S/C11H7ClF2N2O2S/c12-5-1-2-6(7(17)3-5)10(18)16-11-15-4-8(19-11)9(13)14/h1-4,9,17H,(H,15,16,18). The van der Waals surface area contributed by atoms with E-state index in [4.69, 9.17) is 11.6 Å². The number of hydrogen-bond acceptors (Lipinski definition) is 4. The molecule has 0 unspecified atom stereocenters. The number of carbonyl (C=O) groups is 1. The van der Waals surface area contributed by atoms with Crippen LogP contribution in [0.5, 0.6) is 5.75 Å². The number of aromatic nitrogens is 1. The van der Waals surface area contributed by atoms with Crippen LogP contribution in [0.2, 0.25) is 5.02 Å². The highest BCUT2D eigenvalue weighted by molar-refractivity contribution is 7.15. The number of anilines is 1. The van der Waals surface area contributed by atoms with E-state index in [1.54, 1.807) is 0 Å². The van der Waals surface area contributed by atoms with Crippen LogP contribution in [0.3, 0.4) is 0 Å². The molecule has 1 amide bonds. The van der Waals surface area contributed by atoms with Gasteiger partial charge in [0.1, 0.15) is 5.75 Å². The first-order valence-electron chi connectivity index (χ1n) is 5.01. The summed E-state index contributed by atoms with van der Waals surface area (Å²) in [5.41, 5.74) is -0.0156. The van der Waals surface area contributed by atoms with Crippen molar-refractivity contribution in [3.63, 3.8) is 0 Å². The second kappa shape index (κ2) is 5.50. The number of amides is 1. The van der Waals surface area contributed by atoms with Crippen molar-refractivity contribution < 1.29 is 18.7 Å². The van der Waals surface area contributed by atoms with E-state index in [9.17, 15) is 18.7 Å². The molecule has 0 radical (unpaired) electrons. The van der Waals surface area contributed by atoms with E-state index in [0.717, 1.165) is 6.20 Å². The first-order valence-corrected chi connectivity index (χ1v) is 6.20. The number of phenolic OH excluding ortho intramolecular Hbond substituents is 1. The van der Waals surface area contributed by atoms with Crippen molar-refractivity contribution >= 4 is 34.0 Å². The number of nitrogens with zero attached hydrogens (tertiary/aromatic N) is 1. The summed E-state index contributed by atoms with van der Waals surface area (Å²) in [4.78, 5) is 15.2. The summed E-state index contributed by atoms with van der Waals surface area (Å²) < 4.78 is 24.7. The molecule has 2 rings (SSSR count). The lowest BCUT2D eigenvalue weighted by molar-refractivity contribution is 0.102. The molecule has 0 saturated heterocycles. The molecule has 19 heavy (non-hydrogen) atoms. The van der Waals surface area contributed by atoms with Crippen LogP contribution in [0.4, 0.5) is 13.9 Å². The molecule has 2 N–H and O–H groups in total. The summed E-state index contributed by atoms with van der Waals surface area (Å²) in [5, 5.41) is 12.2. The summed E-state index contributed by atoms with van der Waals surface area (Å²) in [6.07, 6.45) is -1.64. The minimum absolute atomic E-state index is 0.0156. The highest BCUT2D eigenvalue weighted by Crippen LogP contribution is 2.29. The Bertz CT molecular complexity index is 618. The maximum absolute atomic E-state index is 12.4. The van der Waals surface area contributed by atoms with E-state index in [-0.39, 0.29) is 26.3 Å². The van der Waals surface area contributed by atoms with Gasteiger partial charge in [0.05, 0.1) is 10.4 Å². The second-order valence-corrected chi connectivity index (χ2v) is 4.98. The van der Waals surface area contributed by atoms with Crippen molar-refractivity contribution in [2.45, 2.75) is 6.43 Å². The third-order valence-electron chi connectivity index (χ3n) is 2.16. The number of hydrogen-bond donors (Lipinski definition) is 2. The van der Waals surface area contributed by atoms with Gasteiger partial charge in [-0.05, 0) is 18.2 Å². The highest BCUT2D eigenvalue weighted by atomic mass is 35.5. The Balaban J connectivity index is 2.16. The Hall–Kier alpha value is -1.73. The van der Waals surface area contributed by atoms with Crippen LogP contribution in [-0.4, -0.2) is 16.0 Å². The highest BCUT2D eigenvalue weighted by Gasteiger charge is 2.16. The zero-order chi connectivity index (χ0) is 14.0. The fraction of sp³-hybridized carbons (Fsp3) is 0.0909. The van der Waals surface area contributed by atoms with Gasteiger partial charge >= 0.3 is 0 Å². The maximum Gasteiger partial charge on any atom is 0.274 e. The number of phenols is 1. The predicted molar refractivity (Wildman–Crippen MR) is 68.1 cm³/mol. The van der Waals surface area contributed by atoms with E-state index in [1.165, 1.54) is 18.2 Å². The molecule has 0 saturated carbocycles. The Labute approximate surface area is 115 Å². The Morgan fingerprint density at radius 1 is 1.47 bits per heavy atom. The van der Waals surface area contributed by atoms with Gasteiger partial charge in [-0.3, -0.25) is 10.1 Å². The van der Waals surface area contributed by atoms with E-state index < -0.39 is 12.3 Å². The van der Waals surface area contributed by atoms with Crippen molar-refractivity contribution in [3.05, 3.63) is 39.9 Å². The average Bonchev–Trinajstić information content (AvgIpc) is 2.77. The lowest BCUT2D eigenvalue weighted by Crippen LogP contribution is -2.11. The molecule has 8 heteroatoms. The van der Waals surface area contributed by atoms with Crippen molar-refractivity contribution in [1.82, 2.24) is 4.98 Å². The number of aromatic hydroxyl groups is 1. The molecule has 0 aliphatic carbocycles. The number of carbonyl (C=O) groups excluding carboxylic acids is 1. The quantitative estimate of drug-likeness (QED) is 0.909. The van der Waals surface area contributed by atoms with E-state index in [0.29, 0.717) is 11.3 Å². The molecule has 0 atom stereocenters. The van der Waals surface area contributed by atoms with Crippen LogP contribution in [0.15, 0.2) is 24.4 Å². The van der Waals surface area contributed by atoms with Crippen LogP contribution in [0.1, 0.15) is 21.7 Å². The number of rotatable bonds is 3. The van der Waals surface area contributed by atoms with Gasteiger partial charge in [-0.15, -0.1) is 0 Å². The third kappa shape index (κ3) is 3.18. The molecule has 2 aromatic rings. The fourth-order valence-electron chi connectivity index (χ4n) is 1.31. The Morgan fingerprint density at radius 2 is 2.21 bits per heavy atom. The van der Waals surface area contributed by atoms with Crippen LogP contribution >= 0.6 is 22.9 Å². The zero-order valence-corrected chi connectivity index (χ0v) is 10.8. The van der Waals surface area contributed by atoms with Gasteiger partial charge in [0.25, 0.3) is 12.3 Å². The predicted octanol–water partition coefficient (Wildman–Crippen LogP) is 3.69. The van der Waals surface area contributed by atoms with Crippen LogP contribution in [0.25, 0.3) is 0 Å². The molecule has 1 heterocycles. The summed E-state index contributed by atoms with van der Waals surface area (Å²) in [5.74, 6) is -0.944. The topological polar surface area (TPSA) is 62.2 Å². The van der Waals surface area contributed by atoms with Gasteiger partial charge in [0, 0.05) is 11.2 Å². The van der Waals surface area contributed by atoms with Crippen LogP contribution in [0, 0.1) is 0 Å². The smallest absolute Gasteiger partial charge is 0.274 e. The minimum atomic E-state index is -2.63. The molecule has 1 aromatic heterocycles. The molecular formula is C11H7ClF2N2O2S. The molecule has 0 bridgehead atoms. The molecule has 0 aliphatic heterocycles. The maximum atomic E-state index is 12.4. The molecule has 0 fully saturated rings. The normalized spacial score (nSPS) is 10.7. The number of thiazole rings is 1. The van der Waals surface area contributed by atoms with Crippen LogP contribution in [-0.2, 0) is 0 Å². The number of benzene rings is 1. The second-order valence-electron chi connectivity index (χ2n) is 3.48. The molecule has 100 valence electrons. The van der Waals surface area contributed by atoms with Crippen molar-refractivity contribution in [3.8, 4) is 5.75 Å². The number of halogens is 3. The Kier molecular flexibility index (Phi) is 3.96. The molecule has 1 aromatic carbocycles. The molecule has 0 aliphatic rings. The zero-order valence-electron chi connectivity index (χ0n) is 9.23. The third-order valence-corrected chi connectivity index (χ3v) is 3.32. The lowest BCUT2D eigenvalue weighted by atomic mass is 10.2. The van der Waals surface area contributed by atoms with Crippen molar-refractivity contribution in [2.75, 3.05) is 5.32 Å². The van der Waals surface area contributed by atoms with E-state index in [2.05, 4.69) is 10.3 Å². The lowest BCUT2D eigenvalue weighted by Gasteiger charge is -2.04. The van der Waals surface area contributed by atoms with Gasteiger partial charge in [-0.2, -0.15) is 0 Å².